The van der Waals surface area contributed by atoms with Gasteiger partial charge in [0, 0.05) is 18.7 Å². The summed E-state index contributed by atoms with van der Waals surface area (Å²) in [6.07, 6.45) is 1.89. The minimum atomic E-state index is -0.372. The highest BCUT2D eigenvalue weighted by Gasteiger charge is 2.38. The van der Waals surface area contributed by atoms with E-state index >= 15 is 0 Å². The third kappa shape index (κ3) is 3.75. The van der Waals surface area contributed by atoms with E-state index in [1.807, 2.05) is 30.3 Å². The second kappa shape index (κ2) is 7.50. The number of benzene rings is 2. The molecule has 1 aliphatic rings. The maximum atomic E-state index is 11.5. The number of nitrogens with zero attached hydrogens (tertiary/aromatic N) is 1. The highest BCUT2D eigenvalue weighted by molar-refractivity contribution is 5.92. The number of hydrogen-bond donors (Lipinski definition) is 2. The largest absolute Gasteiger partial charge is 0.508 e. The molecule has 1 fully saturated rings. The van der Waals surface area contributed by atoms with E-state index in [0.29, 0.717) is 17.2 Å². The van der Waals surface area contributed by atoms with E-state index in [0.717, 1.165) is 38.0 Å². The maximum absolute atomic E-state index is 11.5. The first-order valence-electron chi connectivity index (χ1n) is 9.30. The topological polar surface area (TPSA) is 66.6 Å². The molecule has 138 valence electrons. The standard InChI is InChI=1S/C22H28N2O2/c1-16-15-24(12-10-17-6-3-4-9-20(17)25)13-11-22(16,2)19-8-5-7-18(14-19)21(23)26/h3-9,14,16,25H,10-13,15H2,1-2H3,(H2,23,26). The van der Waals surface area contributed by atoms with Crippen molar-refractivity contribution in [3.8, 4) is 5.75 Å². The van der Waals surface area contributed by atoms with Gasteiger partial charge < -0.3 is 15.7 Å². The second-order valence-corrected chi connectivity index (χ2v) is 7.69. The van der Waals surface area contributed by atoms with Gasteiger partial charge in [0.25, 0.3) is 0 Å². The fraction of sp³-hybridized carbons (Fsp3) is 0.409. The number of aromatic hydroxyl groups is 1. The Hall–Kier alpha value is -2.33. The first-order valence-corrected chi connectivity index (χ1v) is 9.30. The minimum absolute atomic E-state index is 0.0385. The van der Waals surface area contributed by atoms with Gasteiger partial charge >= 0.3 is 0 Å². The number of amides is 1. The zero-order valence-corrected chi connectivity index (χ0v) is 15.6. The van der Waals surface area contributed by atoms with Crippen LogP contribution in [-0.4, -0.2) is 35.5 Å². The molecule has 2 atom stereocenters. The Balaban J connectivity index is 1.67. The average Bonchev–Trinajstić information content (AvgIpc) is 2.64. The second-order valence-electron chi connectivity index (χ2n) is 7.69. The van der Waals surface area contributed by atoms with Gasteiger partial charge in [-0.1, -0.05) is 44.2 Å². The van der Waals surface area contributed by atoms with Gasteiger partial charge in [-0.3, -0.25) is 4.79 Å². The molecule has 4 heteroatoms. The predicted molar refractivity (Wildman–Crippen MR) is 104 cm³/mol. The van der Waals surface area contributed by atoms with Crippen molar-refractivity contribution in [1.29, 1.82) is 0 Å². The molecule has 0 aromatic heterocycles. The van der Waals surface area contributed by atoms with E-state index in [1.54, 1.807) is 12.1 Å². The van der Waals surface area contributed by atoms with Gasteiger partial charge in [-0.2, -0.15) is 0 Å². The zero-order valence-electron chi connectivity index (χ0n) is 15.6. The lowest BCUT2D eigenvalue weighted by Gasteiger charge is -2.45. The summed E-state index contributed by atoms with van der Waals surface area (Å²) in [6.45, 7) is 7.53. The summed E-state index contributed by atoms with van der Waals surface area (Å²) < 4.78 is 0. The molecule has 1 saturated heterocycles. The van der Waals surface area contributed by atoms with Crippen molar-refractivity contribution < 1.29 is 9.90 Å². The number of piperidine rings is 1. The number of hydrogen-bond acceptors (Lipinski definition) is 3. The summed E-state index contributed by atoms with van der Waals surface area (Å²) in [4.78, 5) is 14.0. The van der Waals surface area contributed by atoms with Crippen LogP contribution in [0.3, 0.4) is 0 Å². The average molecular weight is 352 g/mol. The van der Waals surface area contributed by atoms with Crippen molar-refractivity contribution in [2.75, 3.05) is 19.6 Å². The summed E-state index contributed by atoms with van der Waals surface area (Å²) in [5.74, 6) is 0.470. The number of phenolic OH excluding ortho intramolecular Hbond substituents is 1. The summed E-state index contributed by atoms with van der Waals surface area (Å²) in [7, 11) is 0. The first kappa shape index (κ1) is 18.5. The summed E-state index contributed by atoms with van der Waals surface area (Å²) in [5.41, 5.74) is 8.27. The maximum Gasteiger partial charge on any atom is 0.248 e. The normalized spacial score (nSPS) is 23.7. The lowest BCUT2D eigenvalue weighted by atomic mass is 9.68. The number of para-hydroxylation sites is 1. The lowest BCUT2D eigenvalue weighted by Crippen LogP contribution is -2.47. The molecular weight excluding hydrogens is 324 g/mol. The van der Waals surface area contributed by atoms with Gasteiger partial charge in [0.2, 0.25) is 5.91 Å². The van der Waals surface area contributed by atoms with Gasteiger partial charge in [-0.25, -0.2) is 0 Å². The first-order chi connectivity index (χ1) is 12.4. The van der Waals surface area contributed by atoms with Crippen LogP contribution in [0.1, 0.15) is 41.8 Å². The van der Waals surface area contributed by atoms with Gasteiger partial charge in [-0.05, 0) is 60.0 Å². The van der Waals surface area contributed by atoms with E-state index in [9.17, 15) is 9.90 Å². The van der Waals surface area contributed by atoms with Gasteiger partial charge in [0.1, 0.15) is 5.75 Å². The number of rotatable bonds is 5. The molecule has 1 amide bonds. The van der Waals surface area contributed by atoms with Crippen molar-refractivity contribution in [3.63, 3.8) is 0 Å². The fourth-order valence-electron chi connectivity index (χ4n) is 3.98. The lowest BCUT2D eigenvalue weighted by molar-refractivity contribution is 0.0998. The molecule has 1 aliphatic heterocycles. The van der Waals surface area contributed by atoms with E-state index in [-0.39, 0.29) is 11.3 Å². The van der Waals surface area contributed by atoms with Crippen molar-refractivity contribution in [3.05, 3.63) is 65.2 Å². The summed E-state index contributed by atoms with van der Waals surface area (Å²) in [5, 5.41) is 9.94. The molecule has 4 nitrogen and oxygen atoms in total. The number of primary amides is 1. The Morgan fingerprint density at radius 3 is 2.73 bits per heavy atom. The molecule has 0 saturated carbocycles. The predicted octanol–water partition coefficient (Wildman–Crippen LogP) is 3.33. The summed E-state index contributed by atoms with van der Waals surface area (Å²) >= 11 is 0. The molecule has 1 heterocycles. The van der Waals surface area contributed by atoms with Crippen LogP contribution in [0.4, 0.5) is 0 Å². The highest BCUT2D eigenvalue weighted by Crippen LogP contribution is 2.39. The van der Waals surface area contributed by atoms with E-state index in [4.69, 9.17) is 5.73 Å². The number of carbonyl (C=O) groups excluding carboxylic acids is 1. The van der Waals surface area contributed by atoms with Crippen molar-refractivity contribution in [2.24, 2.45) is 11.7 Å². The monoisotopic (exact) mass is 352 g/mol. The smallest absolute Gasteiger partial charge is 0.248 e. The molecular formula is C22H28N2O2. The Kier molecular flexibility index (Phi) is 5.33. The molecule has 0 radical (unpaired) electrons. The summed E-state index contributed by atoms with van der Waals surface area (Å²) in [6, 6.07) is 15.3. The fourth-order valence-corrected chi connectivity index (χ4v) is 3.98. The van der Waals surface area contributed by atoms with E-state index in [1.165, 1.54) is 5.56 Å². The molecule has 0 bridgehead atoms. The molecule has 3 rings (SSSR count). The molecule has 0 aliphatic carbocycles. The van der Waals surface area contributed by atoms with Crippen molar-refractivity contribution >= 4 is 5.91 Å². The van der Waals surface area contributed by atoms with Crippen LogP contribution in [0.5, 0.6) is 5.75 Å². The Bertz CT molecular complexity index is 789. The van der Waals surface area contributed by atoms with Gasteiger partial charge in [0.05, 0.1) is 0 Å². The Labute approximate surface area is 155 Å². The molecule has 0 spiro atoms. The van der Waals surface area contributed by atoms with Crippen LogP contribution in [0, 0.1) is 5.92 Å². The zero-order chi connectivity index (χ0) is 18.7. The molecule has 2 unspecified atom stereocenters. The minimum Gasteiger partial charge on any atom is -0.508 e. The molecule has 26 heavy (non-hydrogen) atoms. The molecule has 3 N–H and O–H groups in total. The Morgan fingerprint density at radius 2 is 2.04 bits per heavy atom. The highest BCUT2D eigenvalue weighted by atomic mass is 16.3. The van der Waals surface area contributed by atoms with Gasteiger partial charge in [0.15, 0.2) is 0 Å². The quantitative estimate of drug-likeness (QED) is 0.867. The number of carbonyl (C=O) groups is 1. The van der Waals surface area contributed by atoms with Crippen LogP contribution in [0.15, 0.2) is 48.5 Å². The SMILES string of the molecule is CC1CN(CCc2ccccc2O)CCC1(C)c1cccc(C(N)=O)c1. The van der Waals surface area contributed by atoms with Crippen LogP contribution in [0.2, 0.25) is 0 Å². The number of likely N-dealkylation sites (tertiary alicyclic amines) is 1. The molecule has 2 aromatic carbocycles. The third-order valence-electron chi connectivity index (χ3n) is 6.06. The van der Waals surface area contributed by atoms with Gasteiger partial charge in [-0.15, -0.1) is 0 Å². The Morgan fingerprint density at radius 1 is 1.27 bits per heavy atom. The van der Waals surface area contributed by atoms with Crippen LogP contribution >= 0.6 is 0 Å². The molecule has 2 aromatic rings. The third-order valence-corrected chi connectivity index (χ3v) is 6.06. The van der Waals surface area contributed by atoms with Crippen molar-refractivity contribution in [2.45, 2.75) is 32.1 Å². The van der Waals surface area contributed by atoms with Crippen LogP contribution in [-0.2, 0) is 11.8 Å². The van der Waals surface area contributed by atoms with E-state index in [2.05, 4.69) is 24.8 Å². The van der Waals surface area contributed by atoms with Crippen LogP contribution in [0.25, 0.3) is 0 Å². The van der Waals surface area contributed by atoms with E-state index < -0.39 is 0 Å². The number of nitrogens with two attached hydrogens (primary N) is 1. The van der Waals surface area contributed by atoms with Crippen molar-refractivity contribution in [1.82, 2.24) is 4.90 Å². The number of phenols is 1. The van der Waals surface area contributed by atoms with Crippen LogP contribution < -0.4 is 5.73 Å².